The fraction of sp³-hybridized carbons (Fsp3) is 0.321. The first-order chi connectivity index (χ1) is 17.0. The van der Waals surface area contributed by atoms with Gasteiger partial charge in [-0.25, -0.2) is 21.1 Å². The molecular formula is C28H31NO5S3. The topological polar surface area (TPSA) is 88.6 Å². The third kappa shape index (κ3) is 5.22. The Balaban J connectivity index is 1.57. The molecule has 0 aliphatic carbocycles. The number of amides is 1. The molecule has 1 aliphatic heterocycles. The van der Waals surface area contributed by atoms with Gasteiger partial charge < -0.3 is 0 Å². The van der Waals surface area contributed by atoms with Gasteiger partial charge in [0.05, 0.1) is 21.6 Å². The quantitative estimate of drug-likeness (QED) is 0.427. The zero-order valence-electron chi connectivity index (χ0n) is 21.5. The highest BCUT2D eigenvalue weighted by Gasteiger charge is 2.49. The summed E-state index contributed by atoms with van der Waals surface area (Å²) in [6.45, 7) is 7.13. The van der Waals surface area contributed by atoms with Gasteiger partial charge in [0.1, 0.15) is 5.25 Å². The van der Waals surface area contributed by atoms with Crippen LogP contribution in [0.4, 0.5) is 0 Å². The molecule has 0 N–H and O–H groups in total. The van der Waals surface area contributed by atoms with Gasteiger partial charge in [0.15, 0.2) is 9.84 Å². The number of hydrogen-bond donors (Lipinski definition) is 1. The molecule has 37 heavy (non-hydrogen) atoms. The Morgan fingerprint density at radius 3 is 1.65 bits per heavy atom. The SMILES string of the molecule is CC(S)(c1ccc(-c2ccc(S(C)(=O)=O)cc2)cc1)c1ccc(C2CC(=O)N(C(C)(C)C)S2(=O)=O)cc1. The molecule has 4 rings (SSSR count). The van der Waals surface area contributed by atoms with Crippen molar-refractivity contribution < 1.29 is 21.6 Å². The lowest BCUT2D eigenvalue weighted by atomic mass is 9.90. The summed E-state index contributed by atoms with van der Waals surface area (Å²) in [4.78, 5) is 12.8. The molecule has 2 atom stereocenters. The highest BCUT2D eigenvalue weighted by atomic mass is 32.2. The summed E-state index contributed by atoms with van der Waals surface area (Å²) < 4.78 is 50.0. The number of rotatable bonds is 5. The van der Waals surface area contributed by atoms with Gasteiger partial charge in [0.25, 0.3) is 0 Å². The number of carbonyl (C=O) groups is 1. The van der Waals surface area contributed by atoms with E-state index in [0.29, 0.717) is 5.56 Å². The van der Waals surface area contributed by atoms with E-state index in [9.17, 15) is 21.6 Å². The minimum atomic E-state index is -3.80. The molecular weight excluding hydrogens is 527 g/mol. The van der Waals surface area contributed by atoms with Gasteiger partial charge in [-0.2, -0.15) is 12.6 Å². The zero-order valence-corrected chi connectivity index (χ0v) is 24.0. The van der Waals surface area contributed by atoms with E-state index in [0.717, 1.165) is 26.6 Å². The van der Waals surface area contributed by atoms with Crippen molar-refractivity contribution in [2.75, 3.05) is 6.26 Å². The number of carbonyl (C=O) groups excluding carboxylic acids is 1. The van der Waals surface area contributed by atoms with E-state index < -0.39 is 35.4 Å². The molecule has 3 aromatic carbocycles. The molecule has 1 amide bonds. The third-order valence-electron chi connectivity index (χ3n) is 6.72. The fourth-order valence-corrected chi connectivity index (χ4v) is 7.89. The first kappa shape index (κ1) is 27.4. The monoisotopic (exact) mass is 557 g/mol. The molecule has 0 aromatic heterocycles. The Morgan fingerprint density at radius 2 is 1.24 bits per heavy atom. The molecule has 1 fully saturated rings. The molecule has 1 saturated heterocycles. The Morgan fingerprint density at radius 1 is 0.811 bits per heavy atom. The first-order valence-electron chi connectivity index (χ1n) is 11.8. The van der Waals surface area contributed by atoms with Crippen molar-refractivity contribution in [3.05, 3.63) is 89.5 Å². The molecule has 0 saturated carbocycles. The molecule has 6 nitrogen and oxygen atoms in total. The van der Waals surface area contributed by atoms with Crippen molar-refractivity contribution >= 4 is 38.4 Å². The number of sulfone groups is 1. The van der Waals surface area contributed by atoms with E-state index >= 15 is 0 Å². The summed E-state index contributed by atoms with van der Waals surface area (Å²) in [5, 5.41) is -0.896. The minimum absolute atomic E-state index is 0.0658. The van der Waals surface area contributed by atoms with Crippen LogP contribution in [0.1, 0.15) is 56.1 Å². The zero-order chi connectivity index (χ0) is 27.4. The van der Waals surface area contributed by atoms with Crippen LogP contribution in [0.15, 0.2) is 77.7 Å². The van der Waals surface area contributed by atoms with E-state index in [1.165, 1.54) is 6.26 Å². The minimum Gasteiger partial charge on any atom is -0.274 e. The Kier molecular flexibility index (Phi) is 6.88. The molecule has 0 bridgehead atoms. The molecule has 0 spiro atoms. The molecule has 1 heterocycles. The Labute approximate surface area is 225 Å². The van der Waals surface area contributed by atoms with Gasteiger partial charge in [0.2, 0.25) is 15.9 Å². The van der Waals surface area contributed by atoms with Crippen molar-refractivity contribution in [1.29, 1.82) is 0 Å². The fourth-order valence-electron chi connectivity index (χ4n) is 4.73. The molecule has 9 heteroatoms. The van der Waals surface area contributed by atoms with Crippen LogP contribution in [0.25, 0.3) is 11.1 Å². The van der Waals surface area contributed by atoms with Crippen LogP contribution in [0.3, 0.4) is 0 Å². The molecule has 1 aliphatic rings. The van der Waals surface area contributed by atoms with Crippen molar-refractivity contribution in [2.45, 2.75) is 54.5 Å². The van der Waals surface area contributed by atoms with E-state index in [1.54, 1.807) is 57.2 Å². The standard InChI is InChI=1S/C28H31NO5S3/c1-27(2,3)29-26(30)18-25(37(29,33)34)21-8-14-23(15-9-21)28(4,35)22-12-6-19(7-13-22)20-10-16-24(17-11-20)36(5,31)32/h6-17,25,35H,18H2,1-5H3. The average Bonchev–Trinajstić information content (AvgIpc) is 3.07. The molecule has 3 aromatic rings. The highest BCUT2D eigenvalue weighted by Crippen LogP contribution is 2.42. The third-order valence-corrected chi connectivity index (χ3v) is 10.8. The van der Waals surface area contributed by atoms with Crippen LogP contribution in [0.2, 0.25) is 0 Å². The summed E-state index contributed by atoms with van der Waals surface area (Å²) in [6.07, 6.45) is 1.12. The van der Waals surface area contributed by atoms with E-state index in [1.807, 2.05) is 43.3 Å². The maximum Gasteiger partial charge on any atom is 0.245 e. The summed E-state index contributed by atoms with van der Waals surface area (Å²) in [5.74, 6) is -0.383. The van der Waals surface area contributed by atoms with Gasteiger partial charge in [-0.15, -0.1) is 0 Å². The van der Waals surface area contributed by atoms with Crippen LogP contribution in [-0.2, 0) is 29.4 Å². The van der Waals surface area contributed by atoms with Crippen molar-refractivity contribution in [3.8, 4) is 11.1 Å². The van der Waals surface area contributed by atoms with Gasteiger partial charge in [-0.1, -0.05) is 60.7 Å². The number of sulfonamides is 1. The number of benzene rings is 3. The number of hydrogen-bond acceptors (Lipinski definition) is 6. The van der Waals surface area contributed by atoms with Crippen molar-refractivity contribution in [3.63, 3.8) is 0 Å². The summed E-state index contributed by atoms with van der Waals surface area (Å²) >= 11 is 4.93. The summed E-state index contributed by atoms with van der Waals surface area (Å²) in [7, 11) is -7.05. The Hall–Kier alpha value is -2.62. The van der Waals surface area contributed by atoms with Crippen molar-refractivity contribution in [2.24, 2.45) is 0 Å². The second-order valence-corrected chi connectivity index (χ2v) is 15.5. The number of nitrogens with zero attached hydrogens (tertiary/aromatic N) is 1. The van der Waals surface area contributed by atoms with Crippen LogP contribution in [-0.4, -0.2) is 38.8 Å². The second-order valence-electron chi connectivity index (χ2n) is 10.6. The lowest BCUT2D eigenvalue weighted by molar-refractivity contribution is -0.128. The van der Waals surface area contributed by atoms with Gasteiger partial charge in [-0.3, -0.25) is 4.79 Å². The average molecular weight is 558 g/mol. The van der Waals surface area contributed by atoms with E-state index in [-0.39, 0.29) is 17.2 Å². The van der Waals surface area contributed by atoms with Crippen molar-refractivity contribution in [1.82, 2.24) is 4.31 Å². The lowest BCUT2D eigenvalue weighted by Gasteiger charge is -2.31. The first-order valence-corrected chi connectivity index (χ1v) is 15.7. The van der Waals surface area contributed by atoms with Crippen LogP contribution in [0, 0.1) is 0 Å². The van der Waals surface area contributed by atoms with E-state index in [2.05, 4.69) is 0 Å². The largest absolute Gasteiger partial charge is 0.274 e. The normalized spacial score (nSPS) is 19.6. The number of thiol groups is 1. The molecule has 196 valence electrons. The smallest absolute Gasteiger partial charge is 0.245 e. The van der Waals surface area contributed by atoms with Crippen LogP contribution in [0.5, 0.6) is 0 Å². The summed E-state index contributed by atoms with van der Waals surface area (Å²) in [5.41, 5.74) is 3.46. The molecule has 0 radical (unpaired) electrons. The van der Waals surface area contributed by atoms with E-state index in [4.69, 9.17) is 12.6 Å². The summed E-state index contributed by atoms with van der Waals surface area (Å²) in [6, 6.07) is 21.9. The van der Waals surface area contributed by atoms with Crippen LogP contribution >= 0.6 is 12.6 Å². The highest BCUT2D eigenvalue weighted by molar-refractivity contribution is 7.90. The van der Waals surface area contributed by atoms with Crippen LogP contribution < -0.4 is 0 Å². The van der Waals surface area contributed by atoms with Gasteiger partial charge in [-0.05, 0) is 67.6 Å². The maximum atomic E-state index is 13.1. The molecule has 2 unspecified atom stereocenters. The maximum absolute atomic E-state index is 13.1. The Bertz CT molecular complexity index is 1530. The van der Waals surface area contributed by atoms with Gasteiger partial charge in [0, 0.05) is 6.26 Å². The predicted octanol–water partition coefficient (Wildman–Crippen LogP) is 5.35. The predicted molar refractivity (Wildman–Crippen MR) is 150 cm³/mol. The lowest BCUT2D eigenvalue weighted by Crippen LogP contribution is -2.45. The van der Waals surface area contributed by atoms with Gasteiger partial charge >= 0.3 is 0 Å². The second kappa shape index (κ2) is 9.29.